The molecule has 0 amide bonds. The molecule has 0 rings (SSSR count). The highest BCUT2D eigenvalue weighted by atomic mass is 31.2. The van der Waals surface area contributed by atoms with E-state index < -0.39 is 26.5 Å². The van der Waals surface area contributed by atoms with Crippen LogP contribution in [0.5, 0.6) is 0 Å². The second-order valence-electron chi connectivity index (χ2n) is 19.2. The Kier molecular flexibility index (Phi) is 46.1. The Labute approximate surface area is 406 Å². The standard InChI is InChI=1S/C56H102NO8P/c1-6-8-10-12-14-16-18-20-22-24-25-26-27-28-29-30-31-33-34-36-38-40-42-44-46-48-55(58)62-52-54(53-64-66(60,61)63-51-50-57(3,4)5)65-56(59)49-47-45-43-41-39-37-35-32-23-21-19-17-15-13-11-9-7-2/h9,11,15,17-18,20-21,23-25,54H,6-8,10,12-14,16,19,22,26-53H2,1-5H3/p+1/b11-9-,17-15-,20-18-,23-21-,25-24-. The lowest BCUT2D eigenvalue weighted by Gasteiger charge is -2.24. The molecule has 0 fully saturated rings. The molecule has 9 nitrogen and oxygen atoms in total. The highest BCUT2D eigenvalue weighted by molar-refractivity contribution is 7.47. The van der Waals surface area contributed by atoms with Crippen molar-refractivity contribution in [3.05, 3.63) is 60.8 Å². The maximum Gasteiger partial charge on any atom is 0.472 e. The van der Waals surface area contributed by atoms with E-state index in [0.717, 1.165) is 70.6 Å². The summed E-state index contributed by atoms with van der Waals surface area (Å²) in [5, 5.41) is 0. The normalized spacial score (nSPS) is 13.8. The third-order valence-corrected chi connectivity index (χ3v) is 12.5. The SMILES string of the molecule is CC/C=C\C/C=C\C/C=C\CCCCCCCCCC(=O)OC(COC(=O)CCCCCCCCCCCCCCC/C=C\C/C=C\CCCCCCC)COP(=O)(O)OCC[N+](C)(C)C. The van der Waals surface area contributed by atoms with Gasteiger partial charge >= 0.3 is 19.8 Å². The van der Waals surface area contributed by atoms with Crippen molar-refractivity contribution in [2.75, 3.05) is 47.5 Å². The summed E-state index contributed by atoms with van der Waals surface area (Å²) in [5.74, 6) is -0.807. The molecule has 1 N–H and O–H groups in total. The summed E-state index contributed by atoms with van der Waals surface area (Å²) in [4.78, 5) is 35.6. The van der Waals surface area contributed by atoms with Crippen molar-refractivity contribution < 1.29 is 42.1 Å². The molecule has 2 atom stereocenters. The fourth-order valence-electron chi connectivity index (χ4n) is 7.35. The van der Waals surface area contributed by atoms with E-state index in [-0.39, 0.29) is 32.0 Å². The lowest BCUT2D eigenvalue weighted by molar-refractivity contribution is -0.870. The van der Waals surface area contributed by atoms with Gasteiger partial charge in [0.2, 0.25) is 0 Å². The van der Waals surface area contributed by atoms with Crippen LogP contribution in [0, 0.1) is 0 Å². The van der Waals surface area contributed by atoms with Crippen molar-refractivity contribution in [3.8, 4) is 0 Å². The number of ether oxygens (including phenoxy) is 2. The van der Waals surface area contributed by atoms with Crippen LogP contribution < -0.4 is 0 Å². The molecule has 2 unspecified atom stereocenters. The predicted octanol–water partition coefficient (Wildman–Crippen LogP) is 16.4. The number of rotatable bonds is 49. The molecule has 0 aromatic rings. The Morgan fingerprint density at radius 1 is 0.485 bits per heavy atom. The summed E-state index contributed by atoms with van der Waals surface area (Å²) in [6.07, 6.45) is 59.9. The van der Waals surface area contributed by atoms with E-state index in [0.29, 0.717) is 17.4 Å². The summed E-state index contributed by atoms with van der Waals surface area (Å²) >= 11 is 0. The maximum atomic E-state index is 12.8. The highest BCUT2D eigenvalue weighted by Gasteiger charge is 2.27. The molecule has 0 radical (unpaired) electrons. The average Bonchev–Trinajstić information content (AvgIpc) is 3.27. The summed E-state index contributed by atoms with van der Waals surface area (Å²) in [6.45, 7) is 4.31. The molecule has 0 aromatic heterocycles. The van der Waals surface area contributed by atoms with Gasteiger partial charge in [-0.2, -0.15) is 0 Å². The van der Waals surface area contributed by atoms with Gasteiger partial charge in [-0.25, -0.2) is 4.57 Å². The third kappa shape index (κ3) is 51.1. The van der Waals surface area contributed by atoms with E-state index in [2.05, 4.69) is 74.6 Å². The van der Waals surface area contributed by atoms with Crippen LogP contribution >= 0.6 is 7.82 Å². The lowest BCUT2D eigenvalue weighted by atomic mass is 10.0. The van der Waals surface area contributed by atoms with Gasteiger partial charge in [0.15, 0.2) is 6.10 Å². The van der Waals surface area contributed by atoms with Crippen LogP contribution in [0.15, 0.2) is 60.8 Å². The summed E-state index contributed by atoms with van der Waals surface area (Å²) < 4.78 is 34.5. The quantitative estimate of drug-likeness (QED) is 0.0211. The lowest BCUT2D eigenvalue weighted by Crippen LogP contribution is -2.37. The van der Waals surface area contributed by atoms with Crippen LogP contribution in [0.4, 0.5) is 0 Å². The third-order valence-electron chi connectivity index (χ3n) is 11.5. The number of quaternary nitrogens is 1. The highest BCUT2D eigenvalue weighted by Crippen LogP contribution is 2.43. The molecule has 0 aliphatic carbocycles. The number of nitrogens with zero attached hydrogens (tertiary/aromatic N) is 1. The molecule has 384 valence electrons. The van der Waals surface area contributed by atoms with E-state index >= 15 is 0 Å². The average molecular weight is 949 g/mol. The number of hydrogen-bond donors (Lipinski definition) is 1. The number of likely N-dealkylation sites (N-methyl/N-ethyl adjacent to an activating group) is 1. The van der Waals surface area contributed by atoms with Crippen LogP contribution in [0.2, 0.25) is 0 Å². The second kappa shape index (κ2) is 47.8. The summed E-state index contributed by atoms with van der Waals surface area (Å²) in [5.41, 5.74) is 0. The number of allylic oxidation sites excluding steroid dienone is 10. The Morgan fingerprint density at radius 3 is 1.29 bits per heavy atom. The van der Waals surface area contributed by atoms with Gasteiger partial charge in [-0.3, -0.25) is 18.6 Å². The first-order valence-electron chi connectivity index (χ1n) is 27.0. The number of carbonyl (C=O) groups is 2. The molecule has 0 aromatic carbocycles. The number of phosphoric ester groups is 1. The molecule has 0 saturated heterocycles. The van der Waals surface area contributed by atoms with Gasteiger partial charge in [0.25, 0.3) is 0 Å². The predicted molar refractivity (Wildman–Crippen MR) is 279 cm³/mol. The largest absolute Gasteiger partial charge is 0.472 e. The fourth-order valence-corrected chi connectivity index (χ4v) is 8.10. The second-order valence-corrected chi connectivity index (χ2v) is 20.7. The molecule has 0 saturated carbocycles. The fraction of sp³-hybridized carbons (Fsp3) is 0.786. The minimum absolute atomic E-state index is 0.0278. The zero-order valence-electron chi connectivity index (χ0n) is 43.4. The molecule has 66 heavy (non-hydrogen) atoms. The Balaban J connectivity index is 4.18. The summed E-state index contributed by atoms with van der Waals surface area (Å²) in [7, 11) is 1.47. The summed E-state index contributed by atoms with van der Waals surface area (Å²) in [6, 6.07) is 0. The molecule has 10 heteroatoms. The van der Waals surface area contributed by atoms with E-state index in [1.54, 1.807) is 0 Å². The van der Waals surface area contributed by atoms with Crippen molar-refractivity contribution in [2.45, 2.75) is 238 Å². The van der Waals surface area contributed by atoms with Crippen LogP contribution in [0.3, 0.4) is 0 Å². The molecular weight excluding hydrogens is 846 g/mol. The number of esters is 2. The van der Waals surface area contributed by atoms with Crippen molar-refractivity contribution in [1.82, 2.24) is 0 Å². The molecule has 0 spiro atoms. The Morgan fingerprint density at radius 2 is 0.864 bits per heavy atom. The van der Waals surface area contributed by atoms with Gasteiger partial charge in [-0.15, -0.1) is 0 Å². The number of carbonyl (C=O) groups excluding carboxylic acids is 2. The minimum atomic E-state index is -4.39. The van der Waals surface area contributed by atoms with Gasteiger partial charge in [0, 0.05) is 12.8 Å². The first-order chi connectivity index (χ1) is 32.0. The Hall–Kier alpha value is -2.29. The van der Waals surface area contributed by atoms with Crippen molar-refractivity contribution in [1.29, 1.82) is 0 Å². The van der Waals surface area contributed by atoms with Crippen LogP contribution in [-0.2, 0) is 32.7 Å². The minimum Gasteiger partial charge on any atom is -0.462 e. The monoisotopic (exact) mass is 949 g/mol. The zero-order valence-corrected chi connectivity index (χ0v) is 44.3. The van der Waals surface area contributed by atoms with Gasteiger partial charge in [0.1, 0.15) is 19.8 Å². The van der Waals surface area contributed by atoms with Crippen molar-refractivity contribution >= 4 is 19.8 Å². The molecule has 0 heterocycles. The number of phosphoric acid groups is 1. The van der Waals surface area contributed by atoms with E-state index in [9.17, 15) is 19.0 Å². The maximum absolute atomic E-state index is 12.8. The topological polar surface area (TPSA) is 108 Å². The van der Waals surface area contributed by atoms with E-state index in [1.807, 2.05) is 21.1 Å². The van der Waals surface area contributed by atoms with Crippen molar-refractivity contribution in [3.63, 3.8) is 0 Å². The van der Waals surface area contributed by atoms with Gasteiger partial charge in [-0.05, 0) is 77.0 Å². The van der Waals surface area contributed by atoms with E-state index in [1.165, 1.54) is 128 Å². The van der Waals surface area contributed by atoms with Crippen LogP contribution in [-0.4, -0.2) is 74.9 Å². The van der Waals surface area contributed by atoms with Crippen LogP contribution in [0.1, 0.15) is 232 Å². The first-order valence-corrected chi connectivity index (χ1v) is 28.5. The van der Waals surface area contributed by atoms with Gasteiger partial charge in [0.05, 0.1) is 27.7 Å². The van der Waals surface area contributed by atoms with Gasteiger partial charge < -0.3 is 18.9 Å². The first kappa shape index (κ1) is 63.7. The van der Waals surface area contributed by atoms with Crippen LogP contribution in [0.25, 0.3) is 0 Å². The Bertz CT molecular complexity index is 1300. The number of hydrogen-bond acceptors (Lipinski definition) is 7. The van der Waals surface area contributed by atoms with Crippen molar-refractivity contribution in [2.24, 2.45) is 0 Å². The molecule has 0 aliphatic rings. The molecule has 0 aliphatic heterocycles. The zero-order chi connectivity index (χ0) is 48.5. The molecule has 0 bridgehead atoms. The van der Waals surface area contributed by atoms with E-state index in [4.69, 9.17) is 18.5 Å². The molecular formula is C56H103NO8P+. The number of unbranched alkanes of at least 4 members (excludes halogenated alkanes) is 25. The smallest absolute Gasteiger partial charge is 0.462 e. The van der Waals surface area contributed by atoms with Gasteiger partial charge in [-0.1, -0.05) is 203 Å².